The average molecular weight is 678 g/mol. The van der Waals surface area contributed by atoms with Gasteiger partial charge in [0, 0.05) is 55.4 Å². The third kappa shape index (κ3) is 6.90. The monoisotopic (exact) mass is 677 g/mol. The highest BCUT2D eigenvalue weighted by molar-refractivity contribution is 5.86. The summed E-state index contributed by atoms with van der Waals surface area (Å²) in [5.74, 6) is -0.244. The number of hydrogen-bond donors (Lipinski definition) is 2. The van der Waals surface area contributed by atoms with Gasteiger partial charge in [0.05, 0.1) is 40.4 Å². The minimum Gasteiger partial charge on any atom is -0.387 e. The Labute approximate surface area is 293 Å². The number of fused-ring (bicyclic) bond motifs is 6. The molecule has 0 radical (unpaired) electrons. The van der Waals surface area contributed by atoms with Crippen LogP contribution in [-0.4, -0.2) is 70.4 Å². The van der Waals surface area contributed by atoms with Crippen LogP contribution >= 0.6 is 0 Å². The van der Waals surface area contributed by atoms with Crippen molar-refractivity contribution in [3.8, 4) is 16.9 Å². The van der Waals surface area contributed by atoms with Crippen molar-refractivity contribution in [1.82, 2.24) is 25.0 Å². The summed E-state index contributed by atoms with van der Waals surface area (Å²) in [4.78, 5) is 18.7. The van der Waals surface area contributed by atoms with Crippen LogP contribution in [-0.2, 0) is 0 Å². The van der Waals surface area contributed by atoms with E-state index in [1.807, 2.05) is 30.3 Å². The molecule has 0 amide bonds. The molecule has 50 heavy (non-hydrogen) atoms. The molecule has 11 heteroatoms. The smallest absolute Gasteiger partial charge is 0.164 e. The van der Waals surface area contributed by atoms with Crippen LogP contribution in [0.4, 0.5) is 31.8 Å². The van der Waals surface area contributed by atoms with E-state index in [1.165, 1.54) is 16.8 Å². The Morgan fingerprint density at radius 3 is 2.74 bits per heavy atom. The van der Waals surface area contributed by atoms with Crippen LogP contribution in [0.25, 0.3) is 22.6 Å². The Kier molecular flexibility index (Phi) is 10.1. The lowest BCUT2D eigenvalue weighted by Gasteiger charge is -2.31. The molecule has 1 fully saturated rings. The molecule has 2 aromatic heterocycles. The molecule has 9 nitrogen and oxygen atoms in total. The van der Waals surface area contributed by atoms with Gasteiger partial charge in [-0.25, -0.2) is 23.4 Å². The molecule has 2 N–H and O–H groups in total. The molecule has 260 valence electrons. The molecule has 0 saturated carbocycles. The fraction of sp³-hybridized carbons (Fsp3) is 0.333. The molecule has 2 atom stereocenters. The van der Waals surface area contributed by atoms with Crippen molar-refractivity contribution in [3.05, 3.63) is 96.8 Å². The molecule has 2 aromatic carbocycles. The highest BCUT2D eigenvalue weighted by atomic mass is 19.1. The number of nitrogens with zero attached hydrogens (tertiary/aromatic N) is 7. The van der Waals surface area contributed by atoms with Gasteiger partial charge in [-0.3, -0.25) is 4.99 Å². The number of aromatic nitrogens is 3. The second-order valence-electron chi connectivity index (χ2n) is 13.1. The van der Waals surface area contributed by atoms with Crippen LogP contribution in [0, 0.1) is 11.6 Å². The number of halogens is 2. The number of hydrogen-bond acceptors (Lipinski definition) is 8. The fourth-order valence-corrected chi connectivity index (χ4v) is 7.03. The molecule has 2 aliphatic heterocycles. The number of likely N-dealkylation sites (tertiary alicyclic amines) is 1. The zero-order chi connectivity index (χ0) is 35.4. The lowest BCUT2D eigenvalue weighted by molar-refractivity contribution is 0.389. The lowest BCUT2D eigenvalue weighted by atomic mass is 9.97. The maximum absolute atomic E-state index is 14.9. The van der Waals surface area contributed by atoms with Crippen molar-refractivity contribution in [2.24, 2.45) is 9.98 Å². The molecule has 4 aromatic rings. The molecule has 4 bridgehead atoms. The number of rotatable bonds is 8. The van der Waals surface area contributed by atoms with Gasteiger partial charge in [0.25, 0.3) is 0 Å². The Morgan fingerprint density at radius 2 is 1.98 bits per heavy atom. The number of aliphatic imine (C=N–C) groups is 2. The van der Waals surface area contributed by atoms with E-state index < -0.39 is 17.2 Å². The summed E-state index contributed by atoms with van der Waals surface area (Å²) in [5.41, 5.74) is 5.62. The van der Waals surface area contributed by atoms with Crippen molar-refractivity contribution >= 4 is 41.6 Å². The van der Waals surface area contributed by atoms with Crippen molar-refractivity contribution in [3.63, 3.8) is 0 Å². The number of unbranched alkanes of at least 4 members (excludes halogenated alkanes) is 1. The largest absolute Gasteiger partial charge is 0.387 e. The number of anilines is 2. The van der Waals surface area contributed by atoms with E-state index in [0.717, 1.165) is 79.1 Å². The first-order valence-corrected chi connectivity index (χ1v) is 17.2. The maximum Gasteiger partial charge on any atom is 0.164 e. The zero-order valence-electron chi connectivity index (χ0n) is 29.1. The summed E-state index contributed by atoms with van der Waals surface area (Å²) in [6.07, 6.45) is 6.96. The van der Waals surface area contributed by atoms with Crippen LogP contribution < -0.4 is 15.5 Å². The van der Waals surface area contributed by atoms with Gasteiger partial charge in [-0.2, -0.15) is 5.10 Å². The third-order valence-electron chi connectivity index (χ3n) is 9.43. The van der Waals surface area contributed by atoms with Crippen LogP contribution in [0.15, 0.2) is 89.6 Å². The summed E-state index contributed by atoms with van der Waals surface area (Å²) in [6.45, 7) is 22.1. The van der Waals surface area contributed by atoms with E-state index in [-0.39, 0.29) is 11.7 Å². The third-order valence-corrected chi connectivity index (χ3v) is 9.43. The second-order valence-corrected chi connectivity index (χ2v) is 13.1. The van der Waals surface area contributed by atoms with Crippen LogP contribution in [0.3, 0.4) is 0 Å². The highest BCUT2D eigenvalue weighted by Gasteiger charge is 2.43. The van der Waals surface area contributed by atoms with Gasteiger partial charge in [-0.05, 0) is 70.2 Å². The first kappa shape index (κ1) is 34.5. The zero-order valence-corrected chi connectivity index (χ0v) is 29.1. The molecule has 4 heterocycles. The number of nitrogens with one attached hydrogen (secondary N) is 2. The predicted molar refractivity (Wildman–Crippen MR) is 201 cm³/mol. The van der Waals surface area contributed by atoms with Crippen molar-refractivity contribution in [1.29, 1.82) is 0 Å². The number of benzene rings is 2. The maximum atomic E-state index is 14.9. The Hall–Kier alpha value is -5.32. The summed E-state index contributed by atoms with van der Waals surface area (Å²) < 4.78 is 30.1. The first-order valence-electron chi connectivity index (χ1n) is 17.2. The van der Waals surface area contributed by atoms with Gasteiger partial charge in [0.2, 0.25) is 0 Å². The second kappa shape index (κ2) is 14.7. The minimum atomic E-state index is -0.734. The van der Waals surface area contributed by atoms with E-state index in [4.69, 9.17) is 4.98 Å². The van der Waals surface area contributed by atoms with E-state index in [2.05, 4.69) is 75.3 Å². The molecule has 0 aliphatic carbocycles. The highest BCUT2D eigenvalue weighted by Crippen LogP contribution is 2.42. The molecule has 2 unspecified atom stereocenters. The van der Waals surface area contributed by atoms with E-state index in [1.54, 1.807) is 19.3 Å². The lowest BCUT2D eigenvalue weighted by Crippen LogP contribution is -2.38. The fourth-order valence-electron chi connectivity index (χ4n) is 7.03. The van der Waals surface area contributed by atoms with E-state index in [9.17, 15) is 8.78 Å². The average Bonchev–Trinajstić information content (AvgIpc) is 3.68. The van der Waals surface area contributed by atoms with Gasteiger partial charge >= 0.3 is 0 Å². The van der Waals surface area contributed by atoms with Gasteiger partial charge < -0.3 is 20.4 Å². The van der Waals surface area contributed by atoms with Gasteiger partial charge in [0.15, 0.2) is 11.6 Å². The molecule has 6 rings (SSSR count). The van der Waals surface area contributed by atoms with E-state index in [0.29, 0.717) is 30.0 Å². The predicted octanol–water partition coefficient (Wildman–Crippen LogP) is 8.30. The number of para-hydroxylation sites is 1. The summed E-state index contributed by atoms with van der Waals surface area (Å²) in [5, 5.41) is 11.9. The number of pyridine rings is 1. The van der Waals surface area contributed by atoms with Crippen LogP contribution in [0.1, 0.15) is 52.0 Å². The first-order chi connectivity index (χ1) is 24.2. The Morgan fingerprint density at radius 1 is 1.16 bits per heavy atom. The van der Waals surface area contributed by atoms with Crippen molar-refractivity contribution < 1.29 is 8.78 Å². The molecule has 0 spiro atoms. The Bertz CT molecular complexity index is 1930. The summed E-state index contributed by atoms with van der Waals surface area (Å²) in [6, 6.07) is 15.5. The van der Waals surface area contributed by atoms with Crippen LogP contribution in [0.2, 0.25) is 0 Å². The minimum absolute atomic E-state index is 0.0968. The van der Waals surface area contributed by atoms with Crippen molar-refractivity contribution in [2.75, 3.05) is 36.4 Å². The molecular formula is C39H45F2N9. The molecule has 1 saturated heterocycles. The topological polar surface area (TPSA) is 86.0 Å². The quantitative estimate of drug-likeness (QED) is 0.183. The SMILES string of the molecule is C=Nc1cccc2c1N(CCCC)CCCNC(=C)C1CC(C)(CN1C(=C)c1cnn(-c3ccc(F)cc3F)c1/N=C\C)Nc1cccc-2n1. The van der Waals surface area contributed by atoms with Crippen LogP contribution in [0.5, 0.6) is 0 Å². The van der Waals surface area contributed by atoms with Gasteiger partial charge in [-0.15, -0.1) is 0 Å². The summed E-state index contributed by atoms with van der Waals surface area (Å²) in [7, 11) is 0. The van der Waals surface area contributed by atoms with Gasteiger partial charge in [0.1, 0.15) is 17.3 Å². The Balaban J connectivity index is 1.38. The van der Waals surface area contributed by atoms with E-state index >= 15 is 0 Å². The standard InChI is InChI=1S/C39H45F2N9/c1-7-9-20-48-21-12-19-44-26(3)35-23-39(5,47-36-16-11-14-32(46-36)29-13-10-15-33(42-6)37(29)48)25-49(35)27(4)30-24-45-50(38(30)43-8-2)34-18-17-28(40)22-31(34)41/h8,10-11,13-18,22,24,35,44H,3-4,6-7,9,12,19-21,23,25H2,1-2,5H3,(H,46,47)/b43-8-. The van der Waals surface area contributed by atoms with Crippen molar-refractivity contribution in [2.45, 2.75) is 58.0 Å². The molecular weight excluding hydrogens is 632 g/mol. The van der Waals surface area contributed by atoms with Gasteiger partial charge in [-0.1, -0.05) is 44.7 Å². The molecule has 2 aliphatic rings. The summed E-state index contributed by atoms with van der Waals surface area (Å²) >= 11 is 0. The normalized spacial score (nSPS) is 19.4.